The highest BCUT2D eigenvalue weighted by molar-refractivity contribution is 5.85. The van der Waals surface area contributed by atoms with Crippen molar-refractivity contribution in [1.82, 2.24) is 0 Å². The van der Waals surface area contributed by atoms with Crippen molar-refractivity contribution in [3.05, 3.63) is 12.2 Å². The molecule has 0 atom stereocenters. The fraction of sp³-hybridized carbons (Fsp3) is 0.500. The molecule has 0 saturated heterocycles. The van der Waals surface area contributed by atoms with E-state index in [0.29, 0.717) is 12.8 Å². The summed E-state index contributed by atoms with van der Waals surface area (Å²) in [5.74, 6) is -0.183. The lowest BCUT2D eigenvalue weighted by atomic mass is 10.2. The van der Waals surface area contributed by atoms with Crippen molar-refractivity contribution in [3.63, 3.8) is 0 Å². The van der Waals surface area contributed by atoms with Crippen LogP contribution in [0.5, 0.6) is 0 Å². The molecular formula is C10H17NO3. The van der Waals surface area contributed by atoms with Crippen molar-refractivity contribution in [2.24, 2.45) is 5.73 Å². The van der Waals surface area contributed by atoms with Crippen molar-refractivity contribution < 1.29 is 14.4 Å². The Hall–Kier alpha value is -1.45. The van der Waals surface area contributed by atoms with Gasteiger partial charge in [-0.05, 0) is 33.3 Å². The molecule has 4 heteroatoms. The fourth-order valence-electron chi connectivity index (χ4n) is 0.486. The second-order valence-electron chi connectivity index (χ2n) is 2.95. The molecule has 0 spiro atoms. The minimum absolute atomic E-state index is 0.120. The molecule has 0 fully saturated rings. The molecule has 0 radical (unpaired) electrons. The van der Waals surface area contributed by atoms with Gasteiger partial charge >= 0.3 is 0 Å². The summed E-state index contributed by atoms with van der Waals surface area (Å²) in [5, 5.41) is 0. The van der Waals surface area contributed by atoms with Crippen LogP contribution in [0, 0.1) is 0 Å². The Balaban J connectivity index is 0. The van der Waals surface area contributed by atoms with E-state index in [2.05, 4.69) is 0 Å². The first-order valence-corrected chi connectivity index (χ1v) is 4.28. The van der Waals surface area contributed by atoms with Crippen molar-refractivity contribution in [3.8, 4) is 0 Å². The summed E-state index contributed by atoms with van der Waals surface area (Å²) in [7, 11) is 0. The molecule has 0 aromatic heterocycles. The summed E-state index contributed by atoms with van der Waals surface area (Å²) in [6.45, 7) is 4.57. The quantitative estimate of drug-likeness (QED) is 0.686. The monoisotopic (exact) mass is 199 g/mol. The maximum Gasteiger partial charge on any atom is 0.241 e. The first-order valence-electron chi connectivity index (χ1n) is 4.28. The predicted molar refractivity (Wildman–Crippen MR) is 54.6 cm³/mol. The molecule has 0 aromatic rings. The SMILES string of the molecule is CC(=O)CC/C=C/C(N)=O.CC(C)=O. The van der Waals surface area contributed by atoms with Crippen LogP contribution >= 0.6 is 0 Å². The predicted octanol–water partition coefficient (Wildman–Crippen LogP) is 0.992. The molecule has 1 amide bonds. The number of ketones is 2. The standard InChI is InChI=1S/C7H11NO2.C3H6O/c1-6(9)4-2-3-5-7(8)10;1-3(2)4/h3,5H,2,4H2,1H3,(H2,8,10);1-2H3/b5-3+;. The van der Waals surface area contributed by atoms with E-state index >= 15 is 0 Å². The van der Waals surface area contributed by atoms with Crippen molar-refractivity contribution in [2.45, 2.75) is 33.6 Å². The number of allylic oxidation sites excluding steroid dienone is 1. The number of rotatable bonds is 4. The lowest BCUT2D eigenvalue weighted by molar-refractivity contribution is -0.117. The average Bonchev–Trinajstić information content (AvgIpc) is 1.96. The zero-order valence-corrected chi connectivity index (χ0v) is 8.87. The first kappa shape index (κ1) is 15.0. The van der Waals surface area contributed by atoms with Gasteiger partial charge in [0.1, 0.15) is 11.6 Å². The van der Waals surface area contributed by atoms with Gasteiger partial charge in [-0.15, -0.1) is 0 Å². The molecule has 0 aliphatic rings. The summed E-state index contributed by atoms with van der Waals surface area (Å²) >= 11 is 0. The minimum atomic E-state index is -0.469. The van der Waals surface area contributed by atoms with Gasteiger partial charge in [-0.3, -0.25) is 4.79 Å². The summed E-state index contributed by atoms with van der Waals surface area (Å²) < 4.78 is 0. The Bertz CT molecular complexity index is 228. The molecule has 0 rings (SSSR count). The van der Waals surface area contributed by atoms with Gasteiger partial charge in [-0.25, -0.2) is 0 Å². The molecule has 0 bridgehead atoms. The summed E-state index contributed by atoms with van der Waals surface area (Å²) in [4.78, 5) is 29.9. The van der Waals surface area contributed by atoms with Gasteiger partial charge < -0.3 is 15.3 Å². The summed E-state index contributed by atoms with van der Waals surface area (Å²) in [6.07, 6.45) is 3.94. The third kappa shape index (κ3) is 31.2. The largest absolute Gasteiger partial charge is 0.366 e. The molecular weight excluding hydrogens is 182 g/mol. The Morgan fingerprint density at radius 1 is 1.14 bits per heavy atom. The molecule has 14 heavy (non-hydrogen) atoms. The Morgan fingerprint density at radius 3 is 1.86 bits per heavy atom. The van der Waals surface area contributed by atoms with Gasteiger partial charge in [0.05, 0.1) is 0 Å². The maximum atomic E-state index is 10.3. The van der Waals surface area contributed by atoms with Crippen LogP contribution in [0.25, 0.3) is 0 Å². The zero-order valence-electron chi connectivity index (χ0n) is 8.87. The summed E-state index contributed by atoms with van der Waals surface area (Å²) in [6, 6.07) is 0. The fourth-order valence-corrected chi connectivity index (χ4v) is 0.486. The maximum absolute atomic E-state index is 10.3. The molecule has 0 aliphatic carbocycles. The van der Waals surface area contributed by atoms with Gasteiger partial charge in [-0.2, -0.15) is 0 Å². The molecule has 0 unspecified atom stereocenters. The smallest absolute Gasteiger partial charge is 0.241 e. The topological polar surface area (TPSA) is 77.2 Å². The van der Waals surface area contributed by atoms with Crippen LogP contribution in [0.1, 0.15) is 33.6 Å². The molecule has 2 N–H and O–H groups in total. The summed E-state index contributed by atoms with van der Waals surface area (Å²) in [5.41, 5.74) is 4.80. The third-order valence-corrected chi connectivity index (χ3v) is 0.945. The van der Waals surface area contributed by atoms with Gasteiger partial charge in [0.25, 0.3) is 0 Å². The average molecular weight is 199 g/mol. The minimum Gasteiger partial charge on any atom is -0.366 e. The number of carbonyl (C=O) groups is 3. The van der Waals surface area contributed by atoms with E-state index in [1.807, 2.05) is 0 Å². The second kappa shape index (κ2) is 9.64. The van der Waals surface area contributed by atoms with Crippen LogP contribution in [0.4, 0.5) is 0 Å². The molecule has 0 aromatic carbocycles. The van der Waals surface area contributed by atoms with Crippen molar-refractivity contribution in [2.75, 3.05) is 0 Å². The molecule has 0 heterocycles. The molecule has 80 valence electrons. The molecule has 4 nitrogen and oxygen atoms in total. The van der Waals surface area contributed by atoms with Crippen LogP contribution in [0.3, 0.4) is 0 Å². The lowest BCUT2D eigenvalue weighted by Gasteiger charge is -1.85. The zero-order chi connectivity index (χ0) is 11.6. The van der Waals surface area contributed by atoms with Crippen molar-refractivity contribution >= 4 is 17.5 Å². The number of hydrogen-bond acceptors (Lipinski definition) is 3. The van der Waals surface area contributed by atoms with Crippen LogP contribution in [-0.2, 0) is 14.4 Å². The number of carbonyl (C=O) groups excluding carboxylic acids is 3. The third-order valence-electron chi connectivity index (χ3n) is 0.945. The number of primary amides is 1. The molecule has 0 aliphatic heterocycles. The van der Waals surface area contributed by atoms with E-state index in [0.717, 1.165) is 0 Å². The van der Waals surface area contributed by atoms with E-state index < -0.39 is 5.91 Å². The van der Waals surface area contributed by atoms with E-state index in [4.69, 9.17) is 5.73 Å². The Morgan fingerprint density at radius 2 is 1.57 bits per heavy atom. The molecule has 0 saturated carbocycles. The van der Waals surface area contributed by atoms with Gasteiger partial charge in [0.2, 0.25) is 5.91 Å². The van der Waals surface area contributed by atoms with Gasteiger partial charge in [-0.1, -0.05) is 6.08 Å². The highest BCUT2D eigenvalue weighted by atomic mass is 16.1. The highest BCUT2D eigenvalue weighted by Crippen LogP contribution is 1.90. The number of nitrogens with two attached hydrogens (primary N) is 1. The van der Waals surface area contributed by atoms with Crippen molar-refractivity contribution in [1.29, 1.82) is 0 Å². The van der Waals surface area contributed by atoms with E-state index in [-0.39, 0.29) is 11.6 Å². The van der Waals surface area contributed by atoms with Crippen LogP contribution in [0.2, 0.25) is 0 Å². The van der Waals surface area contributed by atoms with E-state index in [9.17, 15) is 14.4 Å². The second-order valence-corrected chi connectivity index (χ2v) is 2.95. The van der Waals surface area contributed by atoms with Gasteiger partial charge in [0, 0.05) is 6.42 Å². The number of hydrogen-bond donors (Lipinski definition) is 1. The Kier molecular flexibility index (Phi) is 10.4. The van der Waals surface area contributed by atoms with Gasteiger partial charge in [0.15, 0.2) is 0 Å². The lowest BCUT2D eigenvalue weighted by Crippen LogP contribution is -2.05. The van der Waals surface area contributed by atoms with E-state index in [1.165, 1.54) is 26.8 Å². The van der Waals surface area contributed by atoms with Crippen LogP contribution < -0.4 is 5.73 Å². The van der Waals surface area contributed by atoms with E-state index in [1.54, 1.807) is 6.08 Å². The van der Waals surface area contributed by atoms with Crippen LogP contribution in [0.15, 0.2) is 12.2 Å². The van der Waals surface area contributed by atoms with Crippen LogP contribution in [-0.4, -0.2) is 17.5 Å². The normalized spacial score (nSPS) is 9.07. The highest BCUT2D eigenvalue weighted by Gasteiger charge is 1.88. The Labute approximate surface area is 84.2 Å². The number of Topliss-reactive ketones (excluding diaryl/α,β-unsaturated/α-hetero) is 2. The number of amides is 1. The first-order chi connectivity index (χ1) is 6.36.